The van der Waals surface area contributed by atoms with Crippen LogP contribution in [0.15, 0.2) is 30.5 Å². The molecule has 0 aliphatic heterocycles. The molecule has 1 aromatic carbocycles. The molecule has 0 fully saturated rings. The van der Waals surface area contributed by atoms with Gasteiger partial charge in [-0.2, -0.15) is 18.2 Å². The highest BCUT2D eigenvalue weighted by Crippen LogP contribution is 2.35. The summed E-state index contributed by atoms with van der Waals surface area (Å²) in [7, 11) is 2.60. The molecule has 0 spiro atoms. The Morgan fingerprint density at radius 3 is 2.43 bits per heavy atom. The first-order valence-electron chi connectivity index (χ1n) is 5.84. The largest absolute Gasteiger partial charge is 0.495 e. The zero-order chi connectivity index (χ0) is 15.5. The van der Waals surface area contributed by atoms with Crippen molar-refractivity contribution >= 4 is 11.6 Å². The zero-order valence-electron chi connectivity index (χ0n) is 11.2. The highest BCUT2D eigenvalue weighted by Gasteiger charge is 2.36. The highest BCUT2D eigenvalue weighted by molar-refractivity contribution is 5.62. The van der Waals surface area contributed by atoms with Crippen molar-refractivity contribution in [2.24, 2.45) is 0 Å². The molecule has 112 valence electrons. The lowest BCUT2D eigenvalue weighted by Crippen LogP contribution is -2.11. The van der Waals surface area contributed by atoms with Gasteiger partial charge in [-0.05, 0) is 12.1 Å². The zero-order valence-corrected chi connectivity index (χ0v) is 11.2. The van der Waals surface area contributed by atoms with Crippen molar-refractivity contribution in [3.05, 3.63) is 36.0 Å². The van der Waals surface area contributed by atoms with E-state index in [2.05, 4.69) is 20.0 Å². The van der Waals surface area contributed by atoms with Crippen LogP contribution in [-0.4, -0.2) is 24.2 Å². The maximum absolute atomic E-state index is 12.7. The van der Waals surface area contributed by atoms with E-state index in [1.807, 2.05) is 0 Å². The molecule has 0 aliphatic rings. The monoisotopic (exact) mass is 299 g/mol. The molecule has 0 unspecified atom stereocenters. The molecular weight excluding hydrogens is 287 g/mol. The predicted octanol–water partition coefficient (Wildman–Crippen LogP) is 3.26. The number of ether oxygens (including phenoxy) is 2. The Kier molecular flexibility index (Phi) is 4.15. The van der Waals surface area contributed by atoms with Gasteiger partial charge in [0.05, 0.1) is 19.9 Å². The average Bonchev–Trinajstić information content (AvgIpc) is 2.46. The molecule has 1 aromatic heterocycles. The van der Waals surface area contributed by atoms with Gasteiger partial charge in [-0.15, -0.1) is 0 Å². The smallest absolute Gasteiger partial charge is 0.423 e. The fourth-order valence-corrected chi connectivity index (χ4v) is 1.64. The summed E-state index contributed by atoms with van der Waals surface area (Å²) < 4.78 is 47.9. The SMILES string of the molecule is COc1ccccc1Nc1ncc(C(F)(F)F)c(OC)n1. The molecule has 21 heavy (non-hydrogen) atoms. The van der Waals surface area contributed by atoms with Gasteiger partial charge in [0.1, 0.15) is 11.3 Å². The Morgan fingerprint density at radius 2 is 1.81 bits per heavy atom. The van der Waals surface area contributed by atoms with Crippen LogP contribution in [0.4, 0.5) is 24.8 Å². The molecule has 0 radical (unpaired) electrons. The number of anilines is 2. The van der Waals surface area contributed by atoms with E-state index in [0.29, 0.717) is 17.6 Å². The van der Waals surface area contributed by atoms with Gasteiger partial charge in [-0.1, -0.05) is 12.1 Å². The van der Waals surface area contributed by atoms with Gasteiger partial charge >= 0.3 is 6.18 Å². The molecule has 1 N–H and O–H groups in total. The number of aromatic nitrogens is 2. The van der Waals surface area contributed by atoms with Gasteiger partial charge in [-0.3, -0.25) is 0 Å². The van der Waals surface area contributed by atoms with E-state index in [9.17, 15) is 13.2 Å². The van der Waals surface area contributed by atoms with Crippen LogP contribution < -0.4 is 14.8 Å². The average molecular weight is 299 g/mol. The van der Waals surface area contributed by atoms with Crippen LogP contribution in [0.1, 0.15) is 5.56 Å². The fraction of sp³-hybridized carbons (Fsp3) is 0.231. The van der Waals surface area contributed by atoms with Crippen molar-refractivity contribution in [2.45, 2.75) is 6.18 Å². The molecular formula is C13H12F3N3O2. The molecule has 2 aromatic rings. The topological polar surface area (TPSA) is 56.3 Å². The summed E-state index contributed by atoms with van der Waals surface area (Å²) in [6.07, 6.45) is -3.90. The van der Waals surface area contributed by atoms with E-state index < -0.39 is 17.6 Å². The molecule has 0 saturated carbocycles. The summed E-state index contributed by atoms with van der Waals surface area (Å²) in [6, 6.07) is 6.89. The standard InChI is InChI=1S/C13H12F3N3O2/c1-20-10-6-4-3-5-9(10)18-12-17-7-8(13(14,15)16)11(19-12)21-2/h3-7H,1-2H3,(H,17,18,19). The summed E-state index contributed by atoms with van der Waals surface area (Å²) in [6.45, 7) is 0. The Balaban J connectivity index is 2.34. The number of halogens is 3. The van der Waals surface area contributed by atoms with Crippen LogP contribution in [0.2, 0.25) is 0 Å². The van der Waals surface area contributed by atoms with E-state index in [1.165, 1.54) is 7.11 Å². The molecule has 0 amide bonds. The van der Waals surface area contributed by atoms with Crippen molar-refractivity contribution in [3.63, 3.8) is 0 Å². The lowest BCUT2D eigenvalue weighted by molar-refractivity contribution is -0.139. The first-order valence-corrected chi connectivity index (χ1v) is 5.84. The normalized spacial score (nSPS) is 11.1. The third-order valence-electron chi connectivity index (χ3n) is 2.61. The van der Waals surface area contributed by atoms with Gasteiger partial charge in [0.2, 0.25) is 11.8 Å². The number of methoxy groups -OCH3 is 2. The number of nitrogens with zero attached hydrogens (tertiary/aromatic N) is 2. The maximum Gasteiger partial charge on any atom is 0.423 e. The van der Waals surface area contributed by atoms with Crippen molar-refractivity contribution in [1.82, 2.24) is 9.97 Å². The summed E-state index contributed by atoms with van der Waals surface area (Å²) in [5.41, 5.74) is -0.502. The van der Waals surface area contributed by atoms with Gasteiger partial charge in [0, 0.05) is 6.20 Å². The number of para-hydroxylation sites is 2. The van der Waals surface area contributed by atoms with Crippen molar-refractivity contribution in [2.75, 3.05) is 19.5 Å². The second kappa shape index (κ2) is 5.86. The predicted molar refractivity (Wildman–Crippen MR) is 69.9 cm³/mol. The van der Waals surface area contributed by atoms with Gasteiger partial charge < -0.3 is 14.8 Å². The molecule has 0 atom stereocenters. The van der Waals surface area contributed by atoms with E-state index in [-0.39, 0.29) is 5.95 Å². The van der Waals surface area contributed by atoms with Gasteiger partial charge in [0.15, 0.2) is 0 Å². The second-order valence-corrected chi connectivity index (χ2v) is 3.94. The van der Waals surface area contributed by atoms with E-state index in [1.54, 1.807) is 24.3 Å². The van der Waals surface area contributed by atoms with Crippen LogP contribution in [0.25, 0.3) is 0 Å². The molecule has 5 nitrogen and oxygen atoms in total. The van der Waals surface area contributed by atoms with Gasteiger partial charge in [0.25, 0.3) is 0 Å². The van der Waals surface area contributed by atoms with Gasteiger partial charge in [-0.25, -0.2) is 4.98 Å². The van der Waals surface area contributed by atoms with Crippen molar-refractivity contribution < 1.29 is 22.6 Å². The Hall–Kier alpha value is -2.51. The minimum atomic E-state index is -4.58. The Morgan fingerprint density at radius 1 is 1.10 bits per heavy atom. The third kappa shape index (κ3) is 3.33. The number of hydrogen-bond donors (Lipinski definition) is 1. The molecule has 0 bridgehead atoms. The van der Waals surface area contributed by atoms with Crippen molar-refractivity contribution in [3.8, 4) is 11.6 Å². The number of benzene rings is 1. The van der Waals surface area contributed by atoms with Crippen molar-refractivity contribution in [1.29, 1.82) is 0 Å². The minimum Gasteiger partial charge on any atom is -0.495 e. The number of hydrogen-bond acceptors (Lipinski definition) is 5. The molecule has 0 saturated heterocycles. The summed E-state index contributed by atoms with van der Waals surface area (Å²) in [5.74, 6) is -0.0563. The van der Waals surface area contributed by atoms with E-state index in [4.69, 9.17) is 4.74 Å². The maximum atomic E-state index is 12.7. The summed E-state index contributed by atoms with van der Waals surface area (Å²) >= 11 is 0. The first kappa shape index (κ1) is 14.9. The van der Waals surface area contributed by atoms with E-state index in [0.717, 1.165) is 7.11 Å². The molecule has 1 heterocycles. The third-order valence-corrected chi connectivity index (χ3v) is 2.61. The quantitative estimate of drug-likeness (QED) is 0.939. The number of nitrogens with one attached hydrogen (secondary N) is 1. The molecule has 8 heteroatoms. The van der Waals surface area contributed by atoms with E-state index >= 15 is 0 Å². The lowest BCUT2D eigenvalue weighted by atomic mass is 10.3. The van der Waals surface area contributed by atoms with Crippen LogP contribution in [0, 0.1) is 0 Å². The highest BCUT2D eigenvalue weighted by atomic mass is 19.4. The summed E-state index contributed by atoms with van der Waals surface area (Å²) in [4.78, 5) is 7.36. The Bertz CT molecular complexity index is 632. The lowest BCUT2D eigenvalue weighted by Gasteiger charge is -2.13. The number of alkyl halides is 3. The van der Waals surface area contributed by atoms with Crippen LogP contribution in [0.5, 0.6) is 11.6 Å². The van der Waals surface area contributed by atoms with Crippen LogP contribution >= 0.6 is 0 Å². The minimum absolute atomic E-state index is 0.0237. The first-order chi connectivity index (χ1) is 9.95. The number of rotatable bonds is 4. The van der Waals surface area contributed by atoms with Crippen LogP contribution in [-0.2, 0) is 6.18 Å². The molecule has 0 aliphatic carbocycles. The second-order valence-electron chi connectivity index (χ2n) is 3.94. The molecule has 2 rings (SSSR count). The summed E-state index contributed by atoms with van der Waals surface area (Å²) in [5, 5.41) is 2.78. The Labute approximate surface area is 118 Å². The van der Waals surface area contributed by atoms with Crippen LogP contribution in [0.3, 0.4) is 0 Å². The fourth-order valence-electron chi connectivity index (χ4n) is 1.64.